The first-order chi connectivity index (χ1) is 7.60. The highest BCUT2D eigenvalue weighted by Gasteiger charge is 2.20. The molecule has 0 amide bonds. The van der Waals surface area contributed by atoms with Gasteiger partial charge >= 0.3 is 5.97 Å². The van der Waals surface area contributed by atoms with Gasteiger partial charge in [0.15, 0.2) is 0 Å². The summed E-state index contributed by atoms with van der Waals surface area (Å²) in [5, 5.41) is 19.1. The molecular weight excluding hydrogens is 212 g/mol. The van der Waals surface area contributed by atoms with Crippen molar-refractivity contribution in [2.75, 3.05) is 7.11 Å². The molecule has 0 fully saturated rings. The minimum Gasteiger partial charge on any atom is -0.465 e. The summed E-state index contributed by atoms with van der Waals surface area (Å²) < 4.78 is 4.43. The van der Waals surface area contributed by atoms with Gasteiger partial charge in [-0.1, -0.05) is 6.07 Å². The molecule has 0 aliphatic rings. The second kappa shape index (κ2) is 4.89. The first-order valence-corrected chi connectivity index (χ1v) is 4.32. The summed E-state index contributed by atoms with van der Waals surface area (Å²) in [5.74, 6) is -0.786. The number of carbonyl (C=O) groups is 1. The van der Waals surface area contributed by atoms with Crippen LogP contribution >= 0.6 is 0 Å². The SMILES string of the molecule is COC(=O)c1cc(CC#N)ccc1[N+](=O)[O-]. The van der Waals surface area contributed by atoms with E-state index in [1.165, 1.54) is 18.2 Å². The first-order valence-electron chi connectivity index (χ1n) is 4.32. The number of methoxy groups -OCH3 is 1. The van der Waals surface area contributed by atoms with E-state index in [0.717, 1.165) is 7.11 Å². The molecule has 6 nitrogen and oxygen atoms in total. The summed E-state index contributed by atoms with van der Waals surface area (Å²) in [4.78, 5) is 21.3. The van der Waals surface area contributed by atoms with Gasteiger partial charge in [-0.3, -0.25) is 10.1 Å². The van der Waals surface area contributed by atoms with Crippen LogP contribution in [0.25, 0.3) is 0 Å². The number of nitriles is 1. The Balaban J connectivity index is 3.27. The molecule has 0 radical (unpaired) electrons. The minimum atomic E-state index is -0.786. The third kappa shape index (κ3) is 2.33. The molecule has 1 rings (SSSR count). The number of ether oxygens (including phenoxy) is 1. The van der Waals surface area contributed by atoms with Gasteiger partial charge in [0.2, 0.25) is 0 Å². The van der Waals surface area contributed by atoms with E-state index in [-0.39, 0.29) is 17.7 Å². The first kappa shape index (κ1) is 11.7. The lowest BCUT2D eigenvalue weighted by Crippen LogP contribution is -2.06. The lowest BCUT2D eigenvalue weighted by molar-refractivity contribution is -0.385. The Morgan fingerprint density at radius 1 is 1.62 bits per heavy atom. The third-order valence-corrected chi connectivity index (χ3v) is 1.95. The van der Waals surface area contributed by atoms with Gasteiger partial charge in [-0.15, -0.1) is 0 Å². The Kier molecular flexibility index (Phi) is 3.56. The fourth-order valence-corrected chi connectivity index (χ4v) is 1.22. The van der Waals surface area contributed by atoms with Crippen LogP contribution in [0.1, 0.15) is 15.9 Å². The summed E-state index contributed by atoms with van der Waals surface area (Å²) in [6.45, 7) is 0. The third-order valence-electron chi connectivity index (χ3n) is 1.95. The van der Waals surface area contributed by atoms with Crippen molar-refractivity contribution in [3.63, 3.8) is 0 Å². The van der Waals surface area contributed by atoms with E-state index in [4.69, 9.17) is 5.26 Å². The van der Waals surface area contributed by atoms with Gasteiger partial charge in [0.1, 0.15) is 5.56 Å². The van der Waals surface area contributed by atoms with Gasteiger partial charge in [0.25, 0.3) is 5.69 Å². The molecule has 0 aromatic heterocycles. The second-order valence-electron chi connectivity index (χ2n) is 2.94. The van der Waals surface area contributed by atoms with Gasteiger partial charge in [0.05, 0.1) is 24.5 Å². The zero-order valence-electron chi connectivity index (χ0n) is 8.47. The van der Waals surface area contributed by atoms with Crippen LogP contribution in [-0.4, -0.2) is 18.0 Å². The lowest BCUT2D eigenvalue weighted by Gasteiger charge is -2.02. The number of nitro benzene ring substituents is 1. The number of hydrogen-bond donors (Lipinski definition) is 0. The van der Waals surface area contributed by atoms with Crippen molar-refractivity contribution in [3.8, 4) is 6.07 Å². The molecule has 0 saturated heterocycles. The molecule has 0 saturated carbocycles. The smallest absolute Gasteiger partial charge is 0.344 e. The highest BCUT2D eigenvalue weighted by atomic mass is 16.6. The van der Waals surface area contributed by atoms with Crippen LogP contribution in [0.5, 0.6) is 0 Å². The predicted octanol–water partition coefficient (Wildman–Crippen LogP) is 1.45. The fourth-order valence-electron chi connectivity index (χ4n) is 1.22. The van der Waals surface area contributed by atoms with Crippen molar-refractivity contribution >= 4 is 11.7 Å². The van der Waals surface area contributed by atoms with Gasteiger partial charge < -0.3 is 4.74 Å². The fraction of sp³-hybridized carbons (Fsp3) is 0.200. The summed E-state index contributed by atoms with van der Waals surface area (Å²) in [6.07, 6.45) is 0.0853. The van der Waals surface area contributed by atoms with E-state index in [2.05, 4.69) is 4.74 Å². The van der Waals surface area contributed by atoms with Gasteiger partial charge in [-0.2, -0.15) is 5.26 Å². The molecule has 6 heteroatoms. The second-order valence-corrected chi connectivity index (χ2v) is 2.94. The maximum atomic E-state index is 11.3. The Labute approximate surface area is 91.2 Å². The molecule has 82 valence electrons. The molecule has 0 spiro atoms. The highest BCUT2D eigenvalue weighted by Crippen LogP contribution is 2.21. The van der Waals surface area contributed by atoms with E-state index in [0.29, 0.717) is 5.56 Å². The number of hydrogen-bond acceptors (Lipinski definition) is 5. The molecule has 0 N–H and O–H groups in total. The van der Waals surface area contributed by atoms with Crippen LogP contribution < -0.4 is 0 Å². The number of esters is 1. The van der Waals surface area contributed by atoms with Gasteiger partial charge in [-0.05, 0) is 11.6 Å². The zero-order valence-corrected chi connectivity index (χ0v) is 8.47. The van der Waals surface area contributed by atoms with E-state index >= 15 is 0 Å². The highest BCUT2D eigenvalue weighted by molar-refractivity contribution is 5.94. The Morgan fingerprint density at radius 2 is 2.31 bits per heavy atom. The van der Waals surface area contributed by atoms with Crippen LogP contribution in [0, 0.1) is 21.4 Å². The molecule has 0 unspecified atom stereocenters. The van der Waals surface area contributed by atoms with Crippen molar-refractivity contribution in [1.82, 2.24) is 0 Å². The molecule has 0 aliphatic carbocycles. The predicted molar refractivity (Wildman–Crippen MR) is 53.8 cm³/mol. The van der Waals surface area contributed by atoms with Crippen molar-refractivity contribution in [1.29, 1.82) is 5.26 Å². The number of carbonyl (C=O) groups excluding carboxylic acids is 1. The Bertz CT molecular complexity index is 476. The van der Waals surface area contributed by atoms with Crippen LogP contribution in [0.2, 0.25) is 0 Å². The zero-order chi connectivity index (χ0) is 12.1. The quantitative estimate of drug-likeness (QED) is 0.436. The lowest BCUT2D eigenvalue weighted by atomic mass is 10.1. The van der Waals surface area contributed by atoms with Crippen LogP contribution in [-0.2, 0) is 11.2 Å². The van der Waals surface area contributed by atoms with Gasteiger partial charge in [-0.25, -0.2) is 4.79 Å². The summed E-state index contributed by atoms with van der Waals surface area (Å²) in [5.41, 5.74) is 0.0716. The Morgan fingerprint density at radius 3 is 2.81 bits per heavy atom. The van der Waals surface area contributed by atoms with E-state index in [1.807, 2.05) is 6.07 Å². The molecule has 0 aliphatic heterocycles. The largest absolute Gasteiger partial charge is 0.465 e. The molecule has 16 heavy (non-hydrogen) atoms. The van der Waals surface area contributed by atoms with E-state index < -0.39 is 10.9 Å². The van der Waals surface area contributed by atoms with E-state index in [9.17, 15) is 14.9 Å². The minimum absolute atomic E-state index is 0.0853. The van der Waals surface area contributed by atoms with Crippen LogP contribution in [0.15, 0.2) is 18.2 Å². The average molecular weight is 220 g/mol. The molecule has 0 atom stereocenters. The number of nitro groups is 1. The van der Waals surface area contributed by atoms with E-state index in [1.54, 1.807) is 0 Å². The maximum Gasteiger partial charge on any atom is 0.344 e. The molecule has 1 aromatic rings. The summed E-state index contributed by atoms with van der Waals surface area (Å²) >= 11 is 0. The van der Waals surface area contributed by atoms with Crippen molar-refractivity contribution in [2.45, 2.75) is 6.42 Å². The average Bonchev–Trinajstić information content (AvgIpc) is 2.28. The maximum absolute atomic E-state index is 11.3. The number of nitrogens with zero attached hydrogens (tertiary/aromatic N) is 2. The van der Waals surface area contributed by atoms with Crippen molar-refractivity contribution in [3.05, 3.63) is 39.4 Å². The van der Waals surface area contributed by atoms with Crippen molar-refractivity contribution in [2.24, 2.45) is 0 Å². The van der Waals surface area contributed by atoms with Crippen molar-refractivity contribution < 1.29 is 14.5 Å². The van der Waals surface area contributed by atoms with Gasteiger partial charge in [0, 0.05) is 6.07 Å². The number of rotatable bonds is 3. The molecule has 0 heterocycles. The van der Waals surface area contributed by atoms with Crippen LogP contribution in [0.4, 0.5) is 5.69 Å². The standard InChI is InChI=1S/C10H8N2O4/c1-16-10(13)8-6-7(4-5-11)2-3-9(8)12(14)15/h2-3,6H,4H2,1H3. The molecular formula is C10H8N2O4. The Hall–Kier alpha value is -2.42. The summed E-state index contributed by atoms with van der Waals surface area (Å²) in [7, 11) is 1.14. The normalized spacial score (nSPS) is 9.25. The topological polar surface area (TPSA) is 93.2 Å². The number of benzene rings is 1. The van der Waals surface area contributed by atoms with Crippen LogP contribution in [0.3, 0.4) is 0 Å². The monoisotopic (exact) mass is 220 g/mol. The molecule has 0 bridgehead atoms. The molecule has 1 aromatic carbocycles. The summed E-state index contributed by atoms with van der Waals surface area (Å²) in [6, 6.07) is 5.83.